The Morgan fingerprint density at radius 1 is 1.45 bits per heavy atom. The number of benzene rings is 1. The zero-order valence-corrected chi connectivity index (χ0v) is 9.71. The van der Waals surface area contributed by atoms with Gasteiger partial charge in [-0.25, -0.2) is 0 Å². The van der Waals surface area contributed by atoms with Gasteiger partial charge in [-0.1, -0.05) is 0 Å². The summed E-state index contributed by atoms with van der Waals surface area (Å²) in [7, 11) is 0. The first-order valence-electron chi connectivity index (χ1n) is 4.98. The lowest BCUT2D eigenvalue weighted by Gasteiger charge is -2.10. The molecule has 0 atom stereocenters. The van der Waals surface area contributed by atoms with E-state index in [1.807, 2.05) is 0 Å². The fourth-order valence-corrected chi connectivity index (χ4v) is 1.18. The molecule has 0 aliphatic rings. The first-order valence-corrected chi connectivity index (χ1v) is 4.98. The monoisotopic (exact) mass is 280 g/mol. The summed E-state index contributed by atoms with van der Waals surface area (Å²) in [4.78, 5) is 9.88. The van der Waals surface area contributed by atoms with Gasteiger partial charge >= 0.3 is 6.61 Å². The van der Waals surface area contributed by atoms with E-state index in [0.29, 0.717) is 0 Å². The smallest absolute Gasteiger partial charge is 0.387 e. The van der Waals surface area contributed by atoms with Crippen LogP contribution in [0.2, 0.25) is 0 Å². The summed E-state index contributed by atoms with van der Waals surface area (Å²) < 4.78 is 28.5. The maximum absolute atomic E-state index is 12.2. The van der Waals surface area contributed by atoms with E-state index >= 15 is 0 Å². The number of allylic oxidation sites excluding steroid dienone is 1. The van der Waals surface area contributed by atoms with Crippen LogP contribution in [0.4, 0.5) is 20.2 Å². The standard InChI is InChI=1S/C11H6F2N4O3/c12-11(13)20-10-2-1-8(17(18)19)3-9(10)16-6-7(4-14)5-15/h1-3,6,11,16H. The van der Waals surface area contributed by atoms with Gasteiger partial charge in [0.15, 0.2) is 0 Å². The molecule has 0 radical (unpaired) electrons. The highest BCUT2D eigenvalue weighted by Gasteiger charge is 2.14. The number of nitriles is 2. The lowest BCUT2D eigenvalue weighted by Crippen LogP contribution is -2.05. The van der Waals surface area contributed by atoms with Gasteiger partial charge in [0.05, 0.1) is 10.6 Å². The number of hydrogen-bond donors (Lipinski definition) is 1. The Hall–Kier alpha value is -3.20. The van der Waals surface area contributed by atoms with E-state index < -0.39 is 11.5 Å². The maximum atomic E-state index is 12.2. The van der Waals surface area contributed by atoms with Crippen LogP contribution in [-0.2, 0) is 0 Å². The molecule has 1 N–H and O–H groups in total. The van der Waals surface area contributed by atoms with Crippen LogP contribution in [0.3, 0.4) is 0 Å². The van der Waals surface area contributed by atoms with Gasteiger partial charge in [-0.2, -0.15) is 19.3 Å². The highest BCUT2D eigenvalue weighted by Crippen LogP contribution is 2.30. The van der Waals surface area contributed by atoms with Crippen LogP contribution in [0.25, 0.3) is 0 Å². The van der Waals surface area contributed by atoms with E-state index in [0.717, 1.165) is 24.4 Å². The number of nitrogens with one attached hydrogen (secondary N) is 1. The first kappa shape index (κ1) is 14.9. The lowest BCUT2D eigenvalue weighted by molar-refractivity contribution is -0.384. The molecule has 0 saturated carbocycles. The normalized spacial score (nSPS) is 9.25. The summed E-state index contributed by atoms with van der Waals surface area (Å²) >= 11 is 0. The van der Waals surface area contributed by atoms with Gasteiger partial charge in [-0.15, -0.1) is 0 Å². The number of non-ortho nitro benzene ring substituents is 1. The summed E-state index contributed by atoms with van der Waals surface area (Å²) in [6, 6.07) is 5.99. The van der Waals surface area contributed by atoms with Gasteiger partial charge in [0.1, 0.15) is 23.5 Å². The number of nitro groups is 1. The van der Waals surface area contributed by atoms with E-state index in [1.165, 1.54) is 12.1 Å². The van der Waals surface area contributed by atoms with Crippen molar-refractivity contribution in [1.29, 1.82) is 10.5 Å². The largest absolute Gasteiger partial charge is 0.433 e. The summed E-state index contributed by atoms with van der Waals surface area (Å²) in [5, 5.41) is 30.0. The van der Waals surface area contributed by atoms with Crippen LogP contribution >= 0.6 is 0 Å². The summed E-state index contributed by atoms with van der Waals surface area (Å²) in [5.74, 6) is -0.350. The number of nitrogens with zero attached hydrogens (tertiary/aromatic N) is 3. The Morgan fingerprint density at radius 2 is 2.10 bits per heavy atom. The molecule has 0 aliphatic heterocycles. The van der Waals surface area contributed by atoms with E-state index in [2.05, 4.69) is 10.1 Å². The second kappa shape index (κ2) is 6.66. The molecule has 102 valence electrons. The molecule has 1 rings (SSSR count). The molecule has 0 saturated heterocycles. The fraction of sp³-hybridized carbons (Fsp3) is 0.0909. The van der Waals surface area contributed by atoms with Crippen molar-refractivity contribution < 1.29 is 18.4 Å². The number of anilines is 1. The quantitative estimate of drug-likeness (QED) is 0.503. The van der Waals surface area contributed by atoms with E-state index in [9.17, 15) is 18.9 Å². The molecular formula is C11H6F2N4O3. The van der Waals surface area contributed by atoms with Gasteiger partial charge in [-0.05, 0) is 6.07 Å². The zero-order chi connectivity index (χ0) is 15.1. The maximum Gasteiger partial charge on any atom is 0.387 e. The lowest BCUT2D eigenvalue weighted by atomic mass is 10.2. The third kappa shape index (κ3) is 3.92. The molecule has 7 nitrogen and oxygen atoms in total. The van der Waals surface area contributed by atoms with Crippen molar-refractivity contribution in [1.82, 2.24) is 0 Å². The van der Waals surface area contributed by atoms with Crippen molar-refractivity contribution in [2.75, 3.05) is 5.32 Å². The summed E-state index contributed by atoms with van der Waals surface area (Å²) in [6.07, 6.45) is 0.928. The fourth-order valence-electron chi connectivity index (χ4n) is 1.18. The molecule has 0 spiro atoms. The van der Waals surface area contributed by atoms with Crippen LogP contribution < -0.4 is 10.1 Å². The van der Waals surface area contributed by atoms with Gasteiger partial charge in [0.2, 0.25) is 0 Å². The van der Waals surface area contributed by atoms with Gasteiger partial charge in [0, 0.05) is 18.3 Å². The number of halogens is 2. The third-order valence-corrected chi connectivity index (χ3v) is 2.00. The SMILES string of the molecule is N#CC(C#N)=CNc1cc([N+](=O)[O-])ccc1OC(F)F. The van der Waals surface area contributed by atoms with Crippen LogP contribution in [0.1, 0.15) is 0 Å². The molecule has 9 heteroatoms. The van der Waals surface area contributed by atoms with Crippen LogP contribution in [0.15, 0.2) is 30.0 Å². The molecular weight excluding hydrogens is 274 g/mol. The highest BCUT2D eigenvalue weighted by atomic mass is 19.3. The Morgan fingerprint density at radius 3 is 2.60 bits per heavy atom. The van der Waals surface area contributed by atoms with Crippen molar-refractivity contribution in [3.8, 4) is 17.9 Å². The first-order chi connectivity index (χ1) is 9.47. The van der Waals surface area contributed by atoms with Crippen LogP contribution in [0, 0.1) is 32.8 Å². The van der Waals surface area contributed by atoms with Crippen LogP contribution in [-0.4, -0.2) is 11.5 Å². The number of alkyl halides is 2. The summed E-state index contributed by atoms with van der Waals surface area (Å²) in [6.45, 7) is -3.12. The number of rotatable bonds is 5. The van der Waals surface area contributed by atoms with Crippen molar-refractivity contribution in [2.45, 2.75) is 6.61 Å². The van der Waals surface area contributed by atoms with Crippen LogP contribution in [0.5, 0.6) is 5.75 Å². The van der Waals surface area contributed by atoms with Gasteiger partial charge < -0.3 is 10.1 Å². The predicted molar refractivity (Wildman–Crippen MR) is 62.7 cm³/mol. The van der Waals surface area contributed by atoms with Crippen molar-refractivity contribution in [3.63, 3.8) is 0 Å². The minimum absolute atomic E-state index is 0.164. The number of ether oxygens (including phenoxy) is 1. The molecule has 0 unspecified atom stereocenters. The minimum Gasteiger partial charge on any atom is -0.433 e. The average Bonchev–Trinajstić information content (AvgIpc) is 2.40. The molecule has 0 amide bonds. The molecule has 0 aromatic heterocycles. The molecule has 1 aromatic carbocycles. The average molecular weight is 280 g/mol. The topological polar surface area (TPSA) is 112 Å². The Labute approximate surface area is 111 Å². The van der Waals surface area contributed by atoms with E-state index in [-0.39, 0.29) is 22.7 Å². The second-order valence-corrected chi connectivity index (χ2v) is 3.24. The third-order valence-electron chi connectivity index (χ3n) is 2.00. The minimum atomic E-state index is -3.12. The molecule has 0 bridgehead atoms. The molecule has 0 heterocycles. The second-order valence-electron chi connectivity index (χ2n) is 3.24. The van der Waals surface area contributed by atoms with Crippen molar-refractivity contribution in [3.05, 3.63) is 40.1 Å². The predicted octanol–water partition coefficient (Wildman–Crippen LogP) is 2.54. The summed E-state index contributed by atoms with van der Waals surface area (Å²) in [5.41, 5.74) is -0.861. The molecule has 20 heavy (non-hydrogen) atoms. The molecule has 0 aliphatic carbocycles. The Bertz CT molecular complexity index is 616. The number of hydrogen-bond acceptors (Lipinski definition) is 6. The Kier molecular flexibility index (Phi) is 4.95. The van der Waals surface area contributed by atoms with Crippen molar-refractivity contribution >= 4 is 11.4 Å². The van der Waals surface area contributed by atoms with Gasteiger partial charge in [-0.3, -0.25) is 10.1 Å². The molecule has 1 aromatic rings. The van der Waals surface area contributed by atoms with E-state index in [1.54, 1.807) is 0 Å². The number of nitro benzene ring substituents is 1. The van der Waals surface area contributed by atoms with Crippen molar-refractivity contribution in [2.24, 2.45) is 0 Å². The zero-order valence-electron chi connectivity index (χ0n) is 9.71. The Balaban J connectivity index is 3.15. The van der Waals surface area contributed by atoms with E-state index in [4.69, 9.17) is 10.5 Å². The highest BCUT2D eigenvalue weighted by molar-refractivity contribution is 5.63. The van der Waals surface area contributed by atoms with Gasteiger partial charge in [0.25, 0.3) is 5.69 Å². The molecule has 0 fully saturated rings.